The average molecular weight is 548 g/mol. The molecule has 1 atom stereocenters. The third-order valence-corrected chi connectivity index (χ3v) is 8.17. The van der Waals surface area contributed by atoms with E-state index in [0.717, 1.165) is 43.3 Å². The molecule has 2 aromatic heterocycles. The van der Waals surface area contributed by atoms with Gasteiger partial charge in [-0.15, -0.1) is 0 Å². The molecule has 0 aliphatic carbocycles. The van der Waals surface area contributed by atoms with Gasteiger partial charge in [0.1, 0.15) is 10.7 Å². The number of carbonyl (C=O) groups excluding carboxylic acids is 1. The fourth-order valence-electron chi connectivity index (χ4n) is 4.71. The van der Waals surface area contributed by atoms with Gasteiger partial charge in [-0.3, -0.25) is 14.7 Å². The SMILES string of the molecule is Cc1nn(-c2ccccc2)c(Sc2cccc3cccnc23)c1/C=C1\NC(=S)N(C(C)c2ccccc2)C1=O. The largest absolute Gasteiger partial charge is 0.328 e. The second kappa shape index (κ2) is 10.5. The number of amides is 1. The Bertz CT molecular complexity index is 1730. The van der Waals surface area contributed by atoms with Crippen LogP contribution in [0, 0.1) is 6.92 Å². The third-order valence-electron chi connectivity index (χ3n) is 6.73. The van der Waals surface area contributed by atoms with Gasteiger partial charge in [-0.2, -0.15) is 5.10 Å². The van der Waals surface area contributed by atoms with Crippen molar-refractivity contribution in [1.82, 2.24) is 25.0 Å². The zero-order valence-electron chi connectivity index (χ0n) is 21.4. The highest BCUT2D eigenvalue weighted by Crippen LogP contribution is 2.38. The Morgan fingerprint density at radius 2 is 1.67 bits per heavy atom. The number of aryl methyl sites for hydroxylation is 1. The normalized spacial score (nSPS) is 15.2. The number of fused-ring (bicyclic) bond motifs is 1. The van der Waals surface area contributed by atoms with E-state index in [1.54, 1.807) is 22.9 Å². The second-order valence-corrected chi connectivity index (χ2v) is 10.7. The molecule has 3 aromatic carbocycles. The van der Waals surface area contributed by atoms with Gasteiger partial charge in [0.25, 0.3) is 5.91 Å². The number of pyridine rings is 1. The summed E-state index contributed by atoms with van der Waals surface area (Å²) in [6, 6.07) is 29.8. The summed E-state index contributed by atoms with van der Waals surface area (Å²) in [5.74, 6) is -0.161. The van der Waals surface area contributed by atoms with Gasteiger partial charge in [-0.05, 0) is 62.0 Å². The molecular formula is C31H25N5OS2. The van der Waals surface area contributed by atoms with Gasteiger partial charge < -0.3 is 5.32 Å². The zero-order valence-corrected chi connectivity index (χ0v) is 23.0. The van der Waals surface area contributed by atoms with Gasteiger partial charge in [0.2, 0.25) is 0 Å². The molecule has 39 heavy (non-hydrogen) atoms. The summed E-state index contributed by atoms with van der Waals surface area (Å²) in [7, 11) is 0. The van der Waals surface area contributed by atoms with Crippen molar-refractivity contribution in [3.63, 3.8) is 0 Å². The summed E-state index contributed by atoms with van der Waals surface area (Å²) >= 11 is 7.19. The van der Waals surface area contributed by atoms with Crippen LogP contribution in [0.15, 0.2) is 113 Å². The Labute approximate surface area is 236 Å². The van der Waals surface area contributed by atoms with Crippen molar-refractivity contribution in [2.24, 2.45) is 0 Å². The van der Waals surface area contributed by atoms with Crippen molar-refractivity contribution >= 4 is 52.0 Å². The molecule has 1 N–H and O–H groups in total. The molecule has 6 nitrogen and oxygen atoms in total. The maximum absolute atomic E-state index is 13.6. The monoisotopic (exact) mass is 547 g/mol. The van der Waals surface area contributed by atoms with Crippen LogP contribution >= 0.6 is 24.0 Å². The fraction of sp³-hybridized carbons (Fsp3) is 0.0968. The van der Waals surface area contributed by atoms with Crippen LogP contribution in [0.4, 0.5) is 0 Å². The van der Waals surface area contributed by atoms with Crippen molar-refractivity contribution in [1.29, 1.82) is 0 Å². The molecule has 3 heterocycles. The first kappa shape index (κ1) is 25.0. The molecular weight excluding hydrogens is 523 g/mol. The van der Waals surface area contributed by atoms with Crippen molar-refractivity contribution in [3.05, 3.63) is 120 Å². The molecule has 8 heteroatoms. The Kier molecular flexibility index (Phi) is 6.72. The summed E-state index contributed by atoms with van der Waals surface area (Å²) in [5.41, 5.74) is 4.95. The molecule has 1 aliphatic rings. The lowest BCUT2D eigenvalue weighted by atomic mass is 10.1. The van der Waals surface area contributed by atoms with E-state index in [-0.39, 0.29) is 11.9 Å². The van der Waals surface area contributed by atoms with E-state index in [1.807, 2.05) is 97.4 Å². The van der Waals surface area contributed by atoms with E-state index < -0.39 is 0 Å². The molecule has 0 saturated carbocycles. The highest BCUT2D eigenvalue weighted by molar-refractivity contribution is 7.99. The minimum atomic E-state index is -0.201. The van der Waals surface area contributed by atoms with E-state index in [2.05, 4.69) is 28.5 Å². The second-order valence-electron chi connectivity index (χ2n) is 9.23. The lowest BCUT2D eigenvalue weighted by Crippen LogP contribution is -2.33. The first-order chi connectivity index (χ1) is 19.0. The van der Waals surface area contributed by atoms with E-state index in [0.29, 0.717) is 10.8 Å². The number of nitrogens with one attached hydrogen (secondary N) is 1. The van der Waals surface area contributed by atoms with Gasteiger partial charge in [0, 0.05) is 22.0 Å². The molecule has 192 valence electrons. The summed E-state index contributed by atoms with van der Waals surface area (Å²) in [6.07, 6.45) is 3.68. The molecule has 0 bridgehead atoms. The van der Waals surface area contributed by atoms with Gasteiger partial charge in [-0.1, -0.05) is 78.5 Å². The number of hydrogen-bond donors (Lipinski definition) is 1. The standard InChI is InChI=1S/C31H25N5OS2/c1-20-25(19-26-29(37)35(31(38)33-26)21(2)22-11-5-3-6-12-22)30(36(34-20)24-15-7-4-8-16-24)39-27-17-9-13-23-14-10-18-32-28(23)27/h3-19,21H,1-2H3,(H,33,38)/b26-19-. The van der Waals surface area contributed by atoms with Crippen molar-refractivity contribution in [2.75, 3.05) is 0 Å². The number of rotatable bonds is 6. The van der Waals surface area contributed by atoms with Crippen LogP contribution in [0.5, 0.6) is 0 Å². The summed E-state index contributed by atoms with van der Waals surface area (Å²) in [5, 5.41) is 10.4. The van der Waals surface area contributed by atoms with Crippen LogP contribution in [0.25, 0.3) is 22.7 Å². The predicted molar refractivity (Wildman–Crippen MR) is 160 cm³/mol. The summed E-state index contributed by atoms with van der Waals surface area (Å²) in [6.45, 7) is 3.94. The zero-order chi connectivity index (χ0) is 26.9. The van der Waals surface area contributed by atoms with Crippen molar-refractivity contribution < 1.29 is 4.79 Å². The molecule has 0 radical (unpaired) electrons. The Morgan fingerprint density at radius 1 is 0.949 bits per heavy atom. The maximum atomic E-state index is 13.6. The lowest BCUT2D eigenvalue weighted by molar-refractivity contribution is -0.123. The number of nitrogens with zero attached hydrogens (tertiary/aromatic N) is 4. The summed E-state index contributed by atoms with van der Waals surface area (Å²) < 4.78 is 1.93. The number of benzene rings is 3. The molecule has 1 aliphatic heterocycles. The van der Waals surface area contributed by atoms with Gasteiger partial charge in [0.05, 0.1) is 22.9 Å². The van der Waals surface area contributed by atoms with Gasteiger partial charge in [0.15, 0.2) is 5.11 Å². The fourth-order valence-corrected chi connectivity index (χ4v) is 6.24. The number of carbonyl (C=O) groups is 1. The predicted octanol–water partition coefficient (Wildman–Crippen LogP) is 6.70. The molecule has 1 unspecified atom stereocenters. The molecule has 5 aromatic rings. The maximum Gasteiger partial charge on any atom is 0.277 e. The first-order valence-corrected chi connectivity index (χ1v) is 13.8. The lowest BCUT2D eigenvalue weighted by Gasteiger charge is -2.23. The van der Waals surface area contributed by atoms with Gasteiger partial charge in [-0.25, -0.2) is 4.68 Å². The van der Waals surface area contributed by atoms with Crippen LogP contribution in [-0.4, -0.2) is 30.7 Å². The molecule has 1 fully saturated rings. The number of hydrogen-bond acceptors (Lipinski definition) is 5. The number of thiocarbonyl (C=S) groups is 1. The highest BCUT2D eigenvalue weighted by atomic mass is 32.2. The van der Waals surface area contributed by atoms with E-state index >= 15 is 0 Å². The number of para-hydroxylation sites is 2. The van der Waals surface area contributed by atoms with Crippen LogP contribution in [0.1, 0.15) is 29.8 Å². The van der Waals surface area contributed by atoms with E-state index in [4.69, 9.17) is 17.3 Å². The smallest absolute Gasteiger partial charge is 0.277 e. The van der Waals surface area contributed by atoms with Gasteiger partial charge >= 0.3 is 0 Å². The van der Waals surface area contributed by atoms with Crippen LogP contribution in [0.3, 0.4) is 0 Å². The topological polar surface area (TPSA) is 63.1 Å². The van der Waals surface area contributed by atoms with Crippen molar-refractivity contribution in [3.8, 4) is 5.69 Å². The number of aromatic nitrogens is 3. The summed E-state index contributed by atoms with van der Waals surface area (Å²) in [4.78, 5) is 20.9. The highest BCUT2D eigenvalue weighted by Gasteiger charge is 2.35. The Balaban J connectivity index is 1.44. The first-order valence-electron chi connectivity index (χ1n) is 12.6. The molecule has 0 spiro atoms. The van der Waals surface area contributed by atoms with E-state index in [1.165, 1.54) is 0 Å². The average Bonchev–Trinajstić information content (AvgIpc) is 3.43. The minimum absolute atomic E-state index is 0.161. The molecule has 1 saturated heterocycles. The quantitative estimate of drug-likeness (QED) is 0.189. The minimum Gasteiger partial charge on any atom is -0.328 e. The van der Waals surface area contributed by atoms with Crippen LogP contribution in [0.2, 0.25) is 0 Å². The third kappa shape index (κ3) is 4.73. The van der Waals surface area contributed by atoms with Crippen molar-refractivity contribution in [2.45, 2.75) is 29.8 Å². The molecule has 1 amide bonds. The molecule has 6 rings (SSSR count). The van der Waals surface area contributed by atoms with Crippen LogP contribution in [-0.2, 0) is 4.79 Å². The van der Waals surface area contributed by atoms with E-state index in [9.17, 15) is 4.79 Å². The Morgan fingerprint density at radius 3 is 2.44 bits per heavy atom. The Hall–Kier alpha value is -4.27. The van der Waals surface area contributed by atoms with Crippen LogP contribution < -0.4 is 5.32 Å².